The van der Waals surface area contributed by atoms with Crippen LogP contribution in [0.15, 0.2) is 24.3 Å². The molecule has 0 aliphatic heterocycles. The van der Waals surface area contributed by atoms with Crippen LogP contribution in [0.1, 0.15) is 43.7 Å². The second kappa shape index (κ2) is 6.89. The van der Waals surface area contributed by atoms with E-state index in [9.17, 15) is 14.7 Å². The molecule has 1 saturated carbocycles. The lowest BCUT2D eigenvalue weighted by Crippen LogP contribution is -2.38. The third-order valence-corrected chi connectivity index (χ3v) is 6.18. The monoisotopic (exact) mass is 346 g/mol. The van der Waals surface area contributed by atoms with Crippen molar-refractivity contribution in [3.63, 3.8) is 0 Å². The highest BCUT2D eigenvalue weighted by molar-refractivity contribution is 7.18. The second-order valence-corrected chi connectivity index (χ2v) is 7.61. The summed E-state index contributed by atoms with van der Waals surface area (Å²) in [7, 11) is 1.80. The summed E-state index contributed by atoms with van der Waals surface area (Å²) in [6.45, 7) is 1.98. The van der Waals surface area contributed by atoms with Gasteiger partial charge in [-0.25, -0.2) is 4.98 Å². The third-order valence-electron chi connectivity index (χ3n) is 4.97. The maximum atomic E-state index is 12.8. The Morgan fingerprint density at radius 2 is 2.00 bits per heavy atom. The van der Waals surface area contributed by atoms with Gasteiger partial charge in [-0.2, -0.15) is 0 Å². The van der Waals surface area contributed by atoms with E-state index in [4.69, 9.17) is 0 Å². The molecule has 1 aromatic heterocycles. The van der Waals surface area contributed by atoms with Gasteiger partial charge in [-0.1, -0.05) is 18.6 Å². The Balaban J connectivity index is 1.73. The number of amides is 1. The lowest BCUT2D eigenvalue weighted by atomic mass is 9.80. The molecule has 0 spiro atoms. The summed E-state index contributed by atoms with van der Waals surface area (Å²) >= 11 is 1.60. The van der Waals surface area contributed by atoms with Crippen molar-refractivity contribution in [3.05, 3.63) is 29.3 Å². The number of carboxylic acids is 1. The van der Waals surface area contributed by atoms with E-state index in [-0.39, 0.29) is 23.8 Å². The molecule has 0 bridgehead atoms. The SMILES string of the molecule is CC(c1nc2ccccc2s1)N(C)C(=O)C1CCCC(C(=O)O)C1. The van der Waals surface area contributed by atoms with Crippen molar-refractivity contribution in [1.29, 1.82) is 0 Å². The predicted octanol–water partition coefficient (Wildman–Crippen LogP) is 3.71. The molecule has 3 rings (SSSR count). The van der Waals surface area contributed by atoms with Gasteiger partial charge in [0.1, 0.15) is 5.01 Å². The van der Waals surface area contributed by atoms with E-state index in [1.807, 2.05) is 31.2 Å². The molecular weight excluding hydrogens is 324 g/mol. The van der Waals surface area contributed by atoms with Crippen LogP contribution in [-0.4, -0.2) is 33.9 Å². The summed E-state index contributed by atoms with van der Waals surface area (Å²) < 4.78 is 1.11. The number of hydrogen-bond donors (Lipinski definition) is 1. The highest BCUT2D eigenvalue weighted by Gasteiger charge is 2.34. The number of rotatable bonds is 4. The van der Waals surface area contributed by atoms with E-state index in [2.05, 4.69) is 4.98 Å². The number of fused-ring (bicyclic) bond motifs is 1. The Morgan fingerprint density at radius 3 is 2.71 bits per heavy atom. The summed E-state index contributed by atoms with van der Waals surface area (Å²) in [6.07, 6.45) is 2.71. The predicted molar refractivity (Wildman–Crippen MR) is 93.9 cm³/mol. The fraction of sp³-hybridized carbons (Fsp3) is 0.500. The van der Waals surface area contributed by atoms with Crippen LogP contribution >= 0.6 is 11.3 Å². The molecule has 1 heterocycles. The van der Waals surface area contributed by atoms with Crippen LogP contribution in [-0.2, 0) is 9.59 Å². The maximum absolute atomic E-state index is 12.8. The first kappa shape index (κ1) is 16.9. The summed E-state index contributed by atoms with van der Waals surface area (Å²) in [4.78, 5) is 30.4. The van der Waals surface area contributed by atoms with Gasteiger partial charge in [0.2, 0.25) is 5.91 Å². The van der Waals surface area contributed by atoms with Gasteiger partial charge >= 0.3 is 5.97 Å². The molecule has 128 valence electrons. The molecule has 0 saturated heterocycles. The van der Waals surface area contributed by atoms with Gasteiger partial charge in [-0.15, -0.1) is 11.3 Å². The number of carbonyl (C=O) groups excluding carboxylic acids is 1. The smallest absolute Gasteiger partial charge is 0.306 e. The van der Waals surface area contributed by atoms with Crippen LogP contribution in [0.25, 0.3) is 10.2 Å². The summed E-state index contributed by atoms with van der Waals surface area (Å²) in [5.41, 5.74) is 0.953. The van der Waals surface area contributed by atoms with Crippen LogP contribution in [0.5, 0.6) is 0 Å². The van der Waals surface area contributed by atoms with Crippen molar-refractivity contribution < 1.29 is 14.7 Å². The maximum Gasteiger partial charge on any atom is 0.306 e. The van der Waals surface area contributed by atoms with Crippen LogP contribution in [0, 0.1) is 11.8 Å². The number of hydrogen-bond acceptors (Lipinski definition) is 4. The minimum absolute atomic E-state index is 0.0349. The molecular formula is C18H22N2O3S. The normalized spacial score (nSPS) is 22.2. The number of nitrogens with zero attached hydrogens (tertiary/aromatic N) is 2. The summed E-state index contributed by atoms with van der Waals surface area (Å²) in [6, 6.07) is 7.84. The average Bonchev–Trinajstić information content (AvgIpc) is 3.04. The van der Waals surface area contributed by atoms with E-state index in [1.54, 1.807) is 23.3 Å². The van der Waals surface area contributed by atoms with Crippen molar-refractivity contribution in [2.75, 3.05) is 7.05 Å². The van der Waals surface area contributed by atoms with Gasteiger partial charge < -0.3 is 10.0 Å². The molecule has 1 aromatic carbocycles. The van der Waals surface area contributed by atoms with Gasteiger partial charge in [-0.05, 0) is 38.3 Å². The Morgan fingerprint density at radius 1 is 1.29 bits per heavy atom. The molecule has 3 unspecified atom stereocenters. The summed E-state index contributed by atoms with van der Waals surface area (Å²) in [5.74, 6) is -1.33. The van der Waals surface area contributed by atoms with Crippen LogP contribution in [0.3, 0.4) is 0 Å². The lowest BCUT2D eigenvalue weighted by molar-refractivity contribution is -0.145. The fourth-order valence-corrected chi connectivity index (χ4v) is 4.41. The highest BCUT2D eigenvalue weighted by atomic mass is 32.1. The minimum atomic E-state index is -0.783. The number of aliphatic carboxylic acids is 1. The van der Waals surface area contributed by atoms with Crippen molar-refractivity contribution in [2.45, 2.75) is 38.6 Å². The molecule has 1 fully saturated rings. The molecule has 3 atom stereocenters. The first-order valence-corrected chi connectivity index (χ1v) is 9.14. The zero-order valence-corrected chi connectivity index (χ0v) is 14.8. The highest BCUT2D eigenvalue weighted by Crippen LogP contribution is 2.34. The van der Waals surface area contributed by atoms with E-state index in [0.717, 1.165) is 28.1 Å². The molecule has 1 N–H and O–H groups in total. The quantitative estimate of drug-likeness (QED) is 0.916. The lowest BCUT2D eigenvalue weighted by Gasteiger charge is -2.31. The largest absolute Gasteiger partial charge is 0.481 e. The second-order valence-electron chi connectivity index (χ2n) is 6.54. The third kappa shape index (κ3) is 3.29. The van der Waals surface area contributed by atoms with Crippen molar-refractivity contribution in [1.82, 2.24) is 9.88 Å². The Kier molecular flexibility index (Phi) is 4.85. The summed E-state index contributed by atoms with van der Waals surface area (Å²) in [5, 5.41) is 10.1. The Bertz CT molecular complexity index is 725. The van der Waals surface area contributed by atoms with Gasteiger partial charge in [0, 0.05) is 13.0 Å². The van der Waals surface area contributed by atoms with Crippen molar-refractivity contribution in [3.8, 4) is 0 Å². The number of thiazole rings is 1. The van der Waals surface area contributed by atoms with Gasteiger partial charge in [0.25, 0.3) is 0 Å². The molecule has 6 heteroatoms. The topological polar surface area (TPSA) is 70.5 Å². The minimum Gasteiger partial charge on any atom is -0.481 e. The number of benzene rings is 1. The molecule has 2 aromatic rings. The number of carboxylic acid groups (broad SMARTS) is 1. The Labute approximate surface area is 145 Å². The van der Waals surface area contributed by atoms with Crippen LogP contribution in [0.4, 0.5) is 0 Å². The molecule has 0 radical (unpaired) electrons. The van der Waals surface area contributed by atoms with E-state index in [0.29, 0.717) is 12.8 Å². The zero-order chi connectivity index (χ0) is 17.3. The van der Waals surface area contributed by atoms with Crippen LogP contribution in [0.2, 0.25) is 0 Å². The standard InChI is InChI=1S/C18H22N2O3S/c1-11(16-19-14-8-3-4-9-15(14)24-16)20(2)17(21)12-6-5-7-13(10-12)18(22)23/h3-4,8-9,11-13H,5-7,10H2,1-2H3,(H,22,23). The first-order chi connectivity index (χ1) is 11.5. The average molecular weight is 346 g/mol. The van der Waals surface area contributed by atoms with E-state index >= 15 is 0 Å². The van der Waals surface area contributed by atoms with Crippen LogP contribution < -0.4 is 0 Å². The number of aromatic nitrogens is 1. The van der Waals surface area contributed by atoms with Gasteiger partial charge in [0.05, 0.1) is 22.2 Å². The van der Waals surface area contributed by atoms with Gasteiger partial charge in [-0.3, -0.25) is 9.59 Å². The number of carbonyl (C=O) groups is 2. The molecule has 1 aliphatic carbocycles. The van der Waals surface area contributed by atoms with E-state index in [1.165, 1.54) is 0 Å². The van der Waals surface area contributed by atoms with Crippen molar-refractivity contribution in [2.24, 2.45) is 11.8 Å². The zero-order valence-electron chi connectivity index (χ0n) is 13.9. The fourth-order valence-electron chi connectivity index (χ4n) is 3.35. The van der Waals surface area contributed by atoms with Crippen molar-refractivity contribution >= 4 is 33.4 Å². The Hall–Kier alpha value is -1.95. The molecule has 1 aliphatic rings. The van der Waals surface area contributed by atoms with Gasteiger partial charge in [0.15, 0.2) is 0 Å². The number of para-hydroxylation sites is 1. The molecule has 24 heavy (non-hydrogen) atoms. The first-order valence-electron chi connectivity index (χ1n) is 8.32. The molecule has 5 nitrogen and oxygen atoms in total. The molecule has 1 amide bonds. The van der Waals surface area contributed by atoms with E-state index < -0.39 is 5.97 Å².